The molecule has 2 heterocycles. The Kier molecular flexibility index (Phi) is 8.64. The molecule has 39 heavy (non-hydrogen) atoms. The third-order valence-corrected chi connectivity index (χ3v) is 7.76. The number of aromatic nitrogens is 2. The van der Waals surface area contributed by atoms with Gasteiger partial charge in [0.2, 0.25) is 0 Å². The predicted molar refractivity (Wildman–Crippen MR) is 156 cm³/mol. The lowest BCUT2D eigenvalue weighted by atomic mass is 10.1. The van der Waals surface area contributed by atoms with Crippen LogP contribution in [0.3, 0.4) is 0 Å². The number of thioether (sulfide) groups is 1. The summed E-state index contributed by atoms with van der Waals surface area (Å²) in [4.78, 5) is 28.0. The van der Waals surface area contributed by atoms with Gasteiger partial charge in [-0.05, 0) is 35.4 Å². The average Bonchev–Trinajstić information content (AvgIpc) is 2.97. The van der Waals surface area contributed by atoms with Crippen molar-refractivity contribution in [3.8, 4) is 0 Å². The maximum Gasteiger partial charge on any atom is 0.253 e. The second kappa shape index (κ2) is 12.5. The van der Waals surface area contributed by atoms with Crippen molar-refractivity contribution in [2.24, 2.45) is 0 Å². The number of carbonyl (C=O) groups excluding carboxylic acids is 1. The quantitative estimate of drug-likeness (QED) is 0.146. The van der Waals surface area contributed by atoms with Crippen LogP contribution in [0, 0.1) is 5.82 Å². The van der Waals surface area contributed by atoms with E-state index in [-0.39, 0.29) is 11.7 Å². The summed E-state index contributed by atoms with van der Waals surface area (Å²) in [5.41, 5.74) is 3.48. The van der Waals surface area contributed by atoms with E-state index < -0.39 is 0 Å². The lowest BCUT2D eigenvalue weighted by Gasteiger charge is -2.36. The van der Waals surface area contributed by atoms with E-state index in [2.05, 4.69) is 17.1 Å². The molecule has 0 unspecified atom stereocenters. The summed E-state index contributed by atoms with van der Waals surface area (Å²) >= 11 is 7.81. The highest BCUT2D eigenvalue weighted by Crippen LogP contribution is 2.26. The van der Waals surface area contributed by atoms with Crippen LogP contribution in [0.25, 0.3) is 0 Å². The maximum atomic E-state index is 14.1. The molecule has 1 amide bonds. The Labute approximate surface area is 237 Å². The van der Waals surface area contributed by atoms with Gasteiger partial charge in [0.05, 0.1) is 5.69 Å². The van der Waals surface area contributed by atoms with Gasteiger partial charge in [-0.25, -0.2) is 14.4 Å². The summed E-state index contributed by atoms with van der Waals surface area (Å²) in [6, 6.07) is 26.4. The van der Waals surface area contributed by atoms with Crippen LogP contribution < -0.4 is 9.80 Å². The minimum absolute atomic E-state index is 0.00773. The van der Waals surface area contributed by atoms with Crippen LogP contribution in [0.2, 0.25) is 5.15 Å². The van der Waals surface area contributed by atoms with Crippen LogP contribution in [-0.2, 0) is 12.3 Å². The second-order valence-electron chi connectivity index (χ2n) is 9.39. The number of nitrogens with zero attached hydrogens (tertiary/aromatic N) is 5. The van der Waals surface area contributed by atoms with E-state index in [1.807, 2.05) is 70.3 Å². The van der Waals surface area contributed by atoms with Crippen LogP contribution in [-0.4, -0.2) is 54.0 Å². The monoisotopic (exact) mass is 561 g/mol. The number of hydrogen-bond acceptors (Lipinski definition) is 6. The number of para-hydroxylation sites is 1. The molecule has 0 spiro atoms. The summed E-state index contributed by atoms with van der Waals surface area (Å²) in [5.74, 6) is 1.17. The predicted octanol–water partition coefficient (Wildman–Crippen LogP) is 6.16. The molecule has 4 aromatic rings. The summed E-state index contributed by atoms with van der Waals surface area (Å²) < 4.78 is 14.1. The molecule has 0 aliphatic carbocycles. The van der Waals surface area contributed by atoms with Gasteiger partial charge >= 0.3 is 0 Å². The van der Waals surface area contributed by atoms with Crippen molar-refractivity contribution < 1.29 is 9.18 Å². The fourth-order valence-electron chi connectivity index (χ4n) is 4.52. The Balaban J connectivity index is 1.15. The van der Waals surface area contributed by atoms with Gasteiger partial charge in [-0.1, -0.05) is 78.0 Å². The molecule has 6 nitrogen and oxygen atoms in total. The molecule has 0 radical (unpaired) electrons. The molecule has 0 atom stereocenters. The van der Waals surface area contributed by atoms with E-state index in [0.717, 1.165) is 11.4 Å². The largest absolute Gasteiger partial charge is 0.366 e. The molecule has 3 aromatic carbocycles. The molecular weight excluding hydrogens is 533 g/mol. The smallest absolute Gasteiger partial charge is 0.253 e. The van der Waals surface area contributed by atoms with E-state index in [9.17, 15) is 9.18 Å². The normalized spacial score (nSPS) is 13.4. The lowest BCUT2D eigenvalue weighted by Crippen LogP contribution is -2.49. The lowest BCUT2D eigenvalue weighted by molar-refractivity contribution is 0.0746. The summed E-state index contributed by atoms with van der Waals surface area (Å²) in [6.45, 7) is 3.02. The summed E-state index contributed by atoms with van der Waals surface area (Å²) in [7, 11) is 1.98. The highest BCUT2D eigenvalue weighted by molar-refractivity contribution is 7.98. The van der Waals surface area contributed by atoms with Gasteiger partial charge in [-0.15, -0.1) is 0 Å². The van der Waals surface area contributed by atoms with Crippen LogP contribution in [0.5, 0.6) is 0 Å². The summed E-state index contributed by atoms with van der Waals surface area (Å²) in [6.07, 6.45) is 0. The van der Waals surface area contributed by atoms with E-state index >= 15 is 0 Å². The molecule has 1 aromatic heterocycles. The Morgan fingerprint density at radius 2 is 1.62 bits per heavy atom. The van der Waals surface area contributed by atoms with E-state index in [4.69, 9.17) is 16.6 Å². The number of carbonyl (C=O) groups is 1. The van der Waals surface area contributed by atoms with Crippen molar-refractivity contribution in [1.82, 2.24) is 14.9 Å². The van der Waals surface area contributed by atoms with Gasteiger partial charge in [0, 0.05) is 57.2 Å². The van der Waals surface area contributed by atoms with Gasteiger partial charge in [0.1, 0.15) is 16.8 Å². The number of anilines is 2. The van der Waals surface area contributed by atoms with Crippen molar-refractivity contribution in [3.63, 3.8) is 0 Å². The highest BCUT2D eigenvalue weighted by Gasteiger charge is 2.23. The molecule has 0 N–H and O–H groups in total. The number of benzene rings is 3. The highest BCUT2D eigenvalue weighted by atomic mass is 35.5. The number of hydrogen-bond donors (Lipinski definition) is 0. The molecule has 5 rings (SSSR count). The molecule has 0 saturated carbocycles. The Hall–Kier alpha value is -3.62. The zero-order valence-corrected chi connectivity index (χ0v) is 23.2. The minimum Gasteiger partial charge on any atom is -0.366 e. The second-order valence-corrected chi connectivity index (χ2v) is 10.7. The zero-order chi connectivity index (χ0) is 27.2. The van der Waals surface area contributed by atoms with Gasteiger partial charge in [0.15, 0.2) is 5.16 Å². The van der Waals surface area contributed by atoms with E-state index in [0.29, 0.717) is 60.0 Å². The average molecular weight is 562 g/mol. The van der Waals surface area contributed by atoms with Crippen molar-refractivity contribution in [2.45, 2.75) is 17.5 Å². The van der Waals surface area contributed by atoms with Crippen LogP contribution >= 0.6 is 23.4 Å². The molecule has 200 valence electrons. The molecule has 1 saturated heterocycles. The van der Waals surface area contributed by atoms with Crippen molar-refractivity contribution >= 4 is 40.8 Å². The SMILES string of the molecule is CN(Cc1ccccc1)c1cc(Cl)nc(SCc2ccc(C(=O)N3CCN(c4ccccc4F)CC3)cc2)n1. The fourth-order valence-corrected chi connectivity index (χ4v) is 5.55. The van der Waals surface area contributed by atoms with Gasteiger partial charge < -0.3 is 14.7 Å². The molecule has 1 fully saturated rings. The number of halogens is 2. The van der Waals surface area contributed by atoms with Gasteiger partial charge in [-0.2, -0.15) is 0 Å². The Morgan fingerprint density at radius 1 is 0.923 bits per heavy atom. The topological polar surface area (TPSA) is 52.6 Å². The molecule has 0 bridgehead atoms. The third kappa shape index (κ3) is 6.88. The first-order chi connectivity index (χ1) is 19.0. The van der Waals surface area contributed by atoms with E-state index in [1.165, 1.54) is 23.4 Å². The summed E-state index contributed by atoms with van der Waals surface area (Å²) in [5, 5.41) is 1.00. The van der Waals surface area contributed by atoms with Crippen LogP contribution in [0.1, 0.15) is 21.5 Å². The van der Waals surface area contributed by atoms with Crippen molar-refractivity contribution in [2.75, 3.05) is 43.0 Å². The Bertz CT molecular complexity index is 1410. The number of rotatable bonds is 8. The molecule has 9 heteroatoms. The van der Waals surface area contributed by atoms with Gasteiger partial charge in [0.25, 0.3) is 5.91 Å². The first-order valence-corrected chi connectivity index (χ1v) is 14.1. The fraction of sp³-hybridized carbons (Fsp3) is 0.233. The number of amides is 1. The zero-order valence-electron chi connectivity index (χ0n) is 21.6. The minimum atomic E-state index is -0.232. The standard InChI is InChI=1S/C30H29ClFN5OS/c1-35(20-22-7-3-2-4-8-22)28-19-27(31)33-30(34-28)39-21-23-11-13-24(14-12-23)29(38)37-17-15-36(16-18-37)26-10-6-5-9-25(26)32/h2-14,19H,15-18,20-21H2,1H3. The first kappa shape index (κ1) is 27.0. The van der Waals surface area contributed by atoms with Crippen LogP contribution in [0.15, 0.2) is 90.1 Å². The molecular formula is C30H29ClFN5OS. The van der Waals surface area contributed by atoms with E-state index in [1.54, 1.807) is 18.2 Å². The van der Waals surface area contributed by atoms with Crippen LogP contribution in [0.4, 0.5) is 15.9 Å². The van der Waals surface area contributed by atoms with Crippen molar-refractivity contribution in [3.05, 3.63) is 113 Å². The molecule has 1 aliphatic rings. The van der Waals surface area contributed by atoms with Crippen molar-refractivity contribution in [1.29, 1.82) is 0 Å². The maximum absolute atomic E-state index is 14.1. The van der Waals surface area contributed by atoms with Gasteiger partial charge in [-0.3, -0.25) is 4.79 Å². The Morgan fingerprint density at radius 3 is 2.33 bits per heavy atom. The number of piperazine rings is 1. The molecule has 1 aliphatic heterocycles. The first-order valence-electron chi connectivity index (χ1n) is 12.8. The third-order valence-electron chi connectivity index (χ3n) is 6.64.